The summed E-state index contributed by atoms with van der Waals surface area (Å²) in [6.45, 7) is 12.4. The summed E-state index contributed by atoms with van der Waals surface area (Å²) >= 11 is 0. The number of ether oxygens (including phenoxy) is 2. The van der Waals surface area contributed by atoms with Crippen molar-refractivity contribution < 1.29 is 9.47 Å². The van der Waals surface area contributed by atoms with Crippen LogP contribution in [0.25, 0.3) is 0 Å². The van der Waals surface area contributed by atoms with Crippen LogP contribution < -0.4 is 10.6 Å². The summed E-state index contributed by atoms with van der Waals surface area (Å²) in [6, 6.07) is 0. The van der Waals surface area contributed by atoms with Crippen molar-refractivity contribution in [2.45, 2.75) is 26.7 Å². The molecule has 1 rings (SSSR count). The molecule has 1 fully saturated rings. The van der Waals surface area contributed by atoms with E-state index >= 15 is 0 Å². The number of rotatable bonds is 10. The average molecular weight is 442 g/mol. The molecule has 1 heterocycles. The van der Waals surface area contributed by atoms with E-state index in [9.17, 15) is 0 Å². The summed E-state index contributed by atoms with van der Waals surface area (Å²) in [5, 5.41) is 6.61. The molecule has 0 bridgehead atoms. The van der Waals surface area contributed by atoms with Gasteiger partial charge < -0.3 is 25.0 Å². The van der Waals surface area contributed by atoms with E-state index in [0.29, 0.717) is 5.92 Å². The second-order valence-corrected chi connectivity index (χ2v) is 5.62. The Bertz CT molecular complexity index is 298. The molecule has 0 aromatic carbocycles. The third kappa shape index (κ3) is 11.1. The lowest BCUT2D eigenvalue weighted by Crippen LogP contribution is -2.40. The topological polar surface area (TPSA) is 58.1 Å². The zero-order valence-corrected chi connectivity index (χ0v) is 17.3. The van der Waals surface area contributed by atoms with Crippen molar-refractivity contribution in [1.29, 1.82) is 0 Å². The largest absolute Gasteiger partial charge is 0.383 e. The Morgan fingerprint density at radius 3 is 2.52 bits per heavy atom. The van der Waals surface area contributed by atoms with Gasteiger partial charge in [0.25, 0.3) is 0 Å². The van der Waals surface area contributed by atoms with E-state index in [4.69, 9.17) is 14.5 Å². The van der Waals surface area contributed by atoms with Gasteiger partial charge in [0.15, 0.2) is 5.96 Å². The second kappa shape index (κ2) is 15.4. The van der Waals surface area contributed by atoms with E-state index in [0.717, 1.165) is 65.0 Å². The minimum atomic E-state index is 0. The number of hydrogen-bond acceptors (Lipinski definition) is 4. The molecule has 0 saturated carbocycles. The molecule has 1 saturated heterocycles. The van der Waals surface area contributed by atoms with Crippen LogP contribution in [0.5, 0.6) is 0 Å². The average Bonchev–Trinajstić information content (AvgIpc) is 2.55. The van der Waals surface area contributed by atoms with Crippen molar-refractivity contribution in [2.75, 3.05) is 66.2 Å². The first-order valence-corrected chi connectivity index (χ1v) is 8.61. The van der Waals surface area contributed by atoms with Gasteiger partial charge in [-0.25, -0.2) is 0 Å². The highest BCUT2D eigenvalue weighted by Crippen LogP contribution is 2.17. The van der Waals surface area contributed by atoms with Crippen molar-refractivity contribution in [1.82, 2.24) is 15.5 Å². The molecule has 0 atom stereocenters. The van der Waals surface area contributed by atoms with Gasteiger partial charge >= 0.3 is 0 Å². The number of piperidine rings is 1. The third-order valence-electron chi connectivity index (χ3n) is 3.91. The molecule has 23 heavy (non-hydrogen) atoms. The number of hydrogen-bond donors (Lipinski definition) is 2. The zero-order chi connectivity index (χ0) is 16.0. The van der Waals surface area contributed by atoms with Crippen LogP contribution >= 0.6 is 24.0 Å². The van der Waals surface area contributed by atoms with E-state index in [1.807, 2.05) is 6.92 Å². The molecule has 0 unspecified atom stereocenters. The van der Waals surface area contributed by atoms with Crippen LogP contribution in [0.1, 0.15) is 26.7 Å². The molecule has 138 valence electrons. The highest BCUT2D eigenvalue weighted by Gasteiger charge is 2.18. The molecule has 2 N–H and O–H groups in total. The van der Waals surface area contributed by atoms with Crippen LogP contribution in [-0.4, -0.2) is 77.1 Å². The predicted octanol–water partition coefficient (Wildman–Crippen LogP) is 1.55. The summed E-state index contributed by atoms with van der Waals surface area (Å²) in [4.78, 5) is 7.20. The van der Waals surface area contributed by atoms with Crippen LogP contribution in [-0.2, 0) is 9.47 Å². The monoisotopic (exact) mass is 442 g/mol. The molecule has 0 aliphatic carbocycles. The Hall–Kier alpha value is -0.120. The number of nitrogens with zero attached hydrogens (tertiary/aromatic N) is 2. The number of nitrogens with one attached hydrogen (secondary N) is 2. The van der Waals surface area contributed by atoms with Gasteiger partial charge in [0.2, 0.25) is 0 Å². The number of halogens is 1. The molecule has 1 aliphatic rings. The predicted molar refractivity (Wildman–Crippen MR) is 107 cm³/mol. The van der Waals surface area contributed by atoms with Crippen molar-refractivity contribution in [3.8, 4) is 0 Å². The van der Waals surface area contributed by atoms with Crippen LogP contribution in [0.2, 0.25) is 0 Å². The molecule has 0 aromatic heterocycles. The summed E-state index contributed by atoms with van der Waals surface area (Å²) in [6.07, 6.45) is 2.46. The SMILES string of the molecule is CCNC(=NCC1CCN(CCOC)CC1)NCCOCC.I. The van der Waals surface area contributed by atoms with E-state index in [-0.39, 0.29) is 24.0 Å². The Morgan fingerprint density at radius 1 is 1.17 bits per heavy atom. The molecule has 7 heteroatoms. The Labute approximate surface area is 158 Å². The standard InChI is InChI=1S/C16H34N4O2.HI/c1-4-17-16(18-8-12-22-5-2)19-14-15-6-9-20(10-7-15)11-13-21-3;/h15H,4-14H2,1-3H3,(H2,17,18,19);1H. The minimum Gasteiger partial charge on any atom is -0.383 e. The number of likely N-dealkylation sites (tertiary alicyclic amines) is 1. The molecule has 0 spiro atoms. The fraction of sp³-hybridized carbons (Fsp3) is 0.938. The maximum Gasteiger partial charge on any atom is 0.191 e. The molecule has 0 radical (unpaired) electrons. The number of aliphatic imine (C=N–C) groups is 1. The van der Waals surface area contributed by atoms with Crippen molar-refractivity contribution >= 4 is 29.9 Å². The number of methoxy groups -OCH3 is 1. The summed E-state index contributed by atoms with van der Waals surface area (Å²) in [5.41, 5.74) is 0. The van der Waals surface area contributed by atoms with Gasteiger partial charge in [0.05, 0.1) is 13.2 Å². The van der Waals surface area contributed by atoms with E-state index in [2.05, 4.69) is 22.5 Å². The van der Waals surface area contributed by atoms with Gasteiger partial charge in [-0.2, -0.15) is 0 Å². The van der Waals surface area contributed by atoms with E-state index < -0.39 is 0 Å². The van der Waals surface area contributed by atoms with Crippen molar-refractivity contribution in [2.24, 2.45) is 10.9 Å². The molecule has 0 amide bonds. The van der Waals surface area contributed by atoms with Gasteiger partial charge in [0.1, 0.15) is 0 Å². The Kier molecular flexibility index (Phi) is 15.3. The van der Waals surface area contributed by atoms with Crippen molar-refractivity contribution in [3.05, 3.63) is 0 Å². The normalized spacial score (nSPS) is 16.9. The van der Waals surface area contributed by atoms with Crippen LogP contribution in [0, 0.1) is 5.92 Å². The lowest BCUT2D eigenvalue weighted by Gasteiger charge is -2.31. The maximum atomic E-state index is 5.34. The van der Waals surface area contributed by atoms with Gasteiger partial charge in [-0.15, -0.1) is 24.0 Å². The second-order valence-electron chi connectivity index (χ2n) is 5.62. The third-order valence-corrected chi connectivity index (χ3v) is 3.91. The van der Waals surface area contributed by atoms with Gasteiger partial charge in [-0.3, -0.25) is 4.99 Å². The maximum absolute atomic E-state index is 5.34. The molecule has 0 aromatic rings. The van der Waals surface area contributed by atoms with Gasteiger partial charge in [-0.05, 0) is 45.7 Å². The smallest absolute Gasteiger partial charge is 0.191 e. The van der Waals surface area contributed by atoms with Gasteiger partial charge in [0, 0.05) is 39.9 Å². The Balaban J connectivity index is 0.00000484. The minimum absolute atomic E-state index is 0. The fourth-order valence-corrected chi connectivity index (χ4v) is 2.56. The lowest BCUT2D eigenvalue weighted by atomic mass is 9.97. The summed E-state index contributed by atoms with van der Waals surface area (Å²) < 4.78 is 10.5. The van der Waals surface area contributed by atoms with Crippen LogP contribution in [0.15, 0.2) is 4.99 Å². The van der Waals surface area contributed by atoms with Crippen LogP contribution in [0.4, 0.5) is 0 Å². The lowest BCUT2D eigenvalue weighted by molar-refractivity contribution is 0.121. The number of guanidine groups is 1. The molecule has 6 nitrogen and oxygen atoms in total. The summed E-state index contributed by atoms with van der Waals surface area (Å²) in [7, 11) is 1.77. The molecular formula is C16H35IN4O2. The summed E-state index contributed by atoms with van der Waals surface area (Å²) in [5.74, 6) is 1.60. The Morgan fingerprint density at radius 2 is 1.91 bits per heavy atom. The first-order chi connectivity index (χ1) is 10.8. The fourth-order valence-electron chi connectivity index (χ4n) is 2.56. The zero-order valence-electron chi connectivity index (χ0n) is 15.0. The van der Waals surface area contributed by atoms with E-state index in [1.54, 1.807) is 7.11 Å². The molecule has 1 aliphatic heterocycles. The van der Waals surface area contributed by atoms with Gasteiger partial charge in [-0.1, -0.05) is 0 Å². The quantitative estimate of drug-likeness (QED) is 0.233. The van der Waals surface area contributed by atoms with Crippen molar-refractivity contribution in [3.63, 3.8) is 0 Å². The first-order valence-electron chi connectivity index (χ1n) is 8.61. The van der Waals surface area contributed by atoms with E-state index in [1.165, 1.54) is 12.8 Å². The highest BCUT2D eigenvalue weighted by molar-refractivity contribution is 14.0. The highest BCUT2D eigenvalue weighted by atomic mass is 127. The van der Waals surface area contributed by atoms with Crippen LogP contribution in [0.3, 0.4) is 0 Å². The first kappa shape index (κ1) is 22.9. The molecular weight excluding hydrogens is 407 g/mol.